The second-order valence-corrected chi connectivity index (χ2v) is 0.611. The molecule has 1 N–H and O–H groups in total. The van der Waals surface area contributed by atoms with Crippen LogP contribution in [0.1, 0.15) is 6.92 Å². The molecule has 0 aromatic rings. The summed E-state index contributed by atoms with van der Waals surface area (Å²) in [6.07, 6.45) is 1.69. The van der Waals surface area contributed by atoms with E-state index in [9.17, 15) is 0 Å². The van der Waals surface area contributed by atoms with Crippen LogP contribution in [-0.4, -0.2) is 13.3 Å². The normalized spacial score (nSPS) is 9.20. The van der Waals surface area contributed by atoms with Gasteiger partial charge in [-0.25, -0.2) is 0 Å². The van der Waals surface area contributed by atoms with E-state index in [-0.39, 0.29) is 0 Å². The Morgan fingerprint density at radius 2 is 2.40 bits per heavy atom. The molecule has 0 unspecified atom stereocenters. The van der Waals surface area contributed by atoms with E-state index in [4.69, 9.17) is 0 Å². The molecule has 0 spiro atoms. The number of hydrogen-bond donors (Lipinski definition) is 1. The number of rotatable bonds is 1. The summed E-state index contributed by atoms with van der Waals surface area (Å²) in [4.78, 5) is 0. The monoisotopic (exact) mass is 72.1 g/mol. The SMILES string of the molecule is C/C=N\NC. The van der Waals surface area contributed by atoms with E-state index in [1.165, 1.54) is 0 Å². The molecule has 2 nitrogen and oxygen atoms in total. The molecule has 0 amide bonds. The summed E-state index contributed by atoms with van der Waals surface area (Å²) in [6.45, 7) is 1.86. The van der Waals surface area contributed by atoms with Gasteiger partial charge in [0, 0.05) is 13.3 Å². The topological polar surface area (TPSA) is 24.4 Å². The molecule has 0 aliphatic carbocycles. The summed E-state index contributed by atoms with van der Waals surface area (Å²) < 4.78 is 0. The molecular formula is C3H8N2. The van der Waals surface area contributed by atoms with Gasteiger partial charge in [-0.15, -0.1) is 0 Å². The van der Waals surface area contributed by atoms with E-state index in [0.717, 1.165) is 0 Å². The van der Waals surface area contributed by atoms with Gasteiger partial charge in [-0.3, -0.25) is 0 Å². The average Bonchev–Trinajstić information content (AvgIpc) is 1.41. The van der Waals surface area contributed by atoms with Crippen LogP contribution in [0.5, 0.6) is 0 Å². The zero-order chi connectivity index (χ0) is 4.12. The second-order valence-electron chi connectivity index (χ2n) is 0.611. The van der Waals surface area contributed by atoms with E-state index >= 15 is 0 Å². The molecule has 0 fully saturated rings. The number of hydrazone groups is 1. The first kappa shape index (κ1) is 4.47. The molecule has 0 heterocycles. The minimum absolute atomic E-state index is 1.69. The maximum absolute atomic E-state index is 3.60. The number of nitrogens with zero attached hydrogens (tertiary/aromatic N) is 1. The van der Waals surface area contributed by atoms with E-state index in [1.807, 2.05) is 6.92 Å². The highest BCUT2D eigenvalue weighted by atomic mass is 15.2. The molecule has 0 aliphatic rings. The van der Waals surface area contributed by atoms with Gasteiger partial charge in [-0.2, -0.15) is 5.10 Å². The van der Waals surface area contributed by atoms with Crippen LogP contribution < -0.4 is 5.43 Å². The van der Waals surface area contributed by atoms with Crippen LogP contribution in [0.4, 0.5) is 0 Å². The maximum Gasteiger partial charge on any atom is 0.0217 e. The molecule has 0 aromatic heterocycles. The highest BCUT2D eigenvalue weighted by Gasteiger charge is 1.44. The van der Waals surface area contributed by atoms with Crippen LogP contribution in [0.25, 0.3) is 0 Å². The summed E-state index contributed by atoms with van der Waals surface area (Å²) in [5.41, 5.74) is 2.59. The van der Waals surface area contributed by atoms with Crippen LogP contribution in [0, 0.1) is 0 Å². The van der Waals surface area contributed by atoms with E-state index in [0.29, 0.717) is 0 Å². The molecule has 2 heteroatoms. The summed E-state index contributed by atoms with van der Waals surface area (Å²) in [5.74, 6) is 0. The zero-order valence-corrected chi connectivity index (χ0v) is 3.52. The van der Waals surface area contributed by atoms with Crippen molar-refractivity contribution in [1.82, 2.24) is 5.43 Å². The summed E-state index contributed by atoms with van der Waals surface area (Å²) in [5, 5.41) is 3.60. The molecule has 0 atom stereocenters. The van der Waals surface area contributed by atoms with Gasteiger partial charge < -0.3 is 5.43 Å². The third-order valence-corrected chi connectivity index (χ3v) is 0.258. The van der Waals surface area contributed by atoms with E-state index in [2.05, 4.69) is 10.5 Å². The Balaban J connectivity index is 2.62. The van der Waals surface area contributed by atoms with Gasteiger partial charge in [0.1, 0.15) is 0 Å². The summed E-state index contributed by atoms with van der Waals surface area (Å²) in [7, 11) is 1.76. The molecule has 5 heavy (non-hydrogen) atoms. The van der Waals surface area contributed by atoms with Crippen molar-refractivity contribution in [3.63, 3.8) is 0 Å². The van der Waals surface area contributed by atoms with Crippen LogP contribution in [0.3, 0.4) is 0 Å². The van der Waals surface area contributed by atoms with Crippen molar-refractivity contribution in [3.8, 4) is 0 Å². The molecule has 0 aliphatic heterocycles. The van der Waals surface area contributed by atoms with Crippen molar-refractivity contribution >= 4 is 6.21 Å². The fourth-order valence-electron chi connectivity index (χ4n) is 0.129. The standard InChI is InChI=1S/C3H8N2/c1-3-5-4-2/h3-4H,1-2H3/b5-3-. The summed E-state index contributed by atoms with van der Waals surface area (Å²) in [6, 6.07) is 0. The van der Waals surface area contributed by atoms with Gasteiger partial charge >= 0.3 is 0 Å². The van der Waals surface area contributed by atoms with Crippen molar-refractivity contribution in [2.75, 3.05) is 7.05 Å². The third kappa shape index (κ3) is 3.47. The number of hydrogen-bond acceptors (Lipinski definition) is 2. The quantitative estimate of drug-likeness (QED) is 0.347. The lowest BCUT2D eigenvalue weighted by Gasteiger charge is -1.75. The van der Waals surface area contributed by atoms with Gasteiger partial charge in [-0.1, -0.05) is 0 Å². The molecule has 0 saturated heterocycles. The maximum atomic E-state index is 3.60. The second kappa shape index (κ2) is 3.47. The minimum Gasteiger partial charge on any atom is -0.313 e. The Bertz CT molecular complexity index is 31.9. The highest BCUT2D eigenvalue weighted by Crippen LogP contribution is 1.41. The molecule has 0 radical (unpaired) electrons. The Kier molecular flexibility index (Phi) is 3.10. The Hall–Kier alpha value is -0.530. The van der Waals surface area contributed by atoms with Gasteiger partial charge in [-0.05, 0) is 6.92 Å². The van der Waals surface area contributed by atoms with Crippen LogP contribution in [0.15, 0.2) is 5.10 Å². The Labute approximate surface area is 31.9 Å². The smallest absolute Gasteiger partial charge is 0.0217 e. The van der Waals surface area contributed by atoms with Gasteiger partial charge in [0.15, 0.2) is 0 Å². The zero-order valence-electron chi connectivity index (χ0n) is 3.52. The molecular weight excluding hydrogens is 64.0 g/mol. The fraction of sp³-hybridized carbons (Fsp3) is 0.667. The van der Waals surface area contributed by atoms with Gasteiger partial charge in [0.25, 0.3) is 0 Å². The van der Waals surface area contributed by atoms with Gasteiger partial charge in [0.2, 0.25) is 0 Å². The van der Waals surface area contributed by atoms with Crippen molar-refractivity contribution in [2.24, 2.45) is 5.10 Å². The first-order chi connectivity index (χ1) is 2.41. The number of nitrogens with one attached hydrogen (secondary N) is 1. The third-order valence-electron chi connectivity index (χ3n) is 0.258. The highest BCUT2D eigenvalue weighted by molar-refractivity contribution is 5.52. The molecule has 30 valence electrons. The Morgan fingerprint density at radius 3 is 2.40 bits per heavy atom. The van der Waals surface area contributed by atoms with Crippen molar-refractivity contribution in [1.29, 1.82) is 0 Å². The van der Waals surface area contributed by atoms with Crippen LogP contribution in [0.2, 0.25) is 0 Å². The van der Waals surface area contributed by atoms with Crippen LogP contribution >= 0.6 is 0 Å². The van der Waals surface area contributed by atoms with Crippen LogP contribution in [-0.2, 0) is 0 Å². The molecule has 0 aromatic carbocycles. The predicted molar refractivity (Wildman–Crippen MR) is 23.2 cm³/mol. The molecule has 0 saturated carbocycles. The van der Waals surface area contributed by atoms with Crippen molar-refractivity contribution in [3.05, 3.63) is 0 Å². The minimum atomic E-state index is 1.69. The van der Waals surface area contributed by atoms with Crippen molar-refractivity contribution in [2.45, 2.75) is 6.92 Å². The lowest BCUT2D eigenvalue weighted by Crippen LogP contribution is -1.90. The summed E-state index contributed by atoms with van der Waals surface area (Å²) >= 11 is 0. The van der Waals surface area contributed by atoms with Crippen molar-refractivity contribution < 1.29 is 0 Å². The van der Waals surface area contributed by atoms with E-state index < -0.39 is 0 Å². The first-order valence-corrected chi connectivity index (χ1v) is 1.56. The first-order valence-electron chi connectivity index (χ1n) is 1.56. The molecule has 0 bridgehead atoms. The lowest BCUT2D eigenvalue weighted by atomic mass is 10.9. The fourth-order valence-corrected chi connectivity index (χ4v) is 0.129. The largest absolute Gasteiger partial charge is 0.313 e. The lowest BCUT2D eigenvalue weighted by molar-refractivity contribution is 0.906. The predicted octanol–water partition coefficient (Wildman–Crippen LogP) is 0.211. The van der Waals surface area contributed by atoms with Gasteiger partial charge in [0.05, 0.1) is 0 Å². The Morgan fingerprint density at radius 1 is 1.80 bits per heavy atom. The average molecular weight is 72.1 g/mol. The van der Waals surface area contributed by atoms with E-state index in [1.54, 1.807) is 13.3 Å². The molecule has 0 rings (SSSR count).